The van der Waals surface area contributed by atoms with Crippen molar-refractivity contribution >= 4 is 0 Å². The van der Waals surface area contributed by atoms with Gasteiger partial charge >= 0.3 is 0 Å². The van der Waals surface area contributed by atoms with E-state index in [4.69, 9.17) is 0 Å². The number of rotatable bonds is 7. The molecule has 0 aromatic heterocycles. The van der Waals surface area contributed by atoms with Crippen LogP contribution in [0.2, 0.25) is 0 Å². The summed E-state index contributed by atoms with van der Waals surface area (Å²) in [4.78, 5) is 4.64. The Bertz CT molecular complexity index is 173. The number of likely N-dealkylation sites (N-methyl/N-ethyl adjacent to an activating group) is 2. The average Bonchev–Trinajstić information content (AvgIpc) is 2.13. The molecule has 0 saturated heterocycles. The number of hydrogen-bond acceptors (Lipinski definition) is 3. The Kier molecular flexibility index (Phi) is 7.20. The van der Waals surface area contributed by atoms with Crippen LogP contribution in [-0.4, -0.2) is 63.2 Å². The van der Waals surface area contributed by atoms with E-state index in [1.165, 1.54) is 0 Å². The average molecular weight is 229 g/mol. The van der Waals surface area contributed by atoms with Crippen molar-refractivity contribution in [2.45, 2.75) is 33.7 Å². The van der Waals surface area contributed by atoms with Crippen molar-refractivity contribution < 1.29 is 0 Å². The van der Waals surface area contributed by atoms with Crippen LogP contribution in [0.15, 0.2) is 0 Å². The van der Waals surface area contributed by atoms with Gasteiger partial charge in [0.25, 0.3) is 0 Å². The SMILES string of the molecule is CC(N(C)CCNCCN(C)C)C(C)(C)C. The van der Waals surface area contributed by atoms with Gasteiger partial charge < -0.3 is 15.1 Å². The molecule has 16 heavy (non-hydrogen) atoms. The maximum absolute atomic E-state index is 3.47. The molecule has 1 unspecified atom stereocenters. The molecule has 0 fully saturated rings. The smallest absolute Gasteiger partial charge is 0.0113 e. The second-order valence-electron chi connectivity index (χ2n) is 6.08. The molecule has 0 radical (unpaired) electrons. The molecule has 0 amide bonds. The maximum atomic E-state index is 3.47. The normalized spacial score (nSPS) is 14.8. The van der Waals surface area contributed by atoms with E-state index in [0.717, 1.165) is 26.2 Å². The van der Waals surface area contributed by atoms with Crippen molar-refractivity contribution in [3.8, 4) is 0 Å². The largest absolute Gasteiger partial charge is 0.314 e. The molecule has 0 aromatic rings. The summed E-state index contributed by atoms with van der Waals surface area (Å²) in [6.45, 7) is 13.6. The van der Waals surface area contributed by atoms with Gasteiger partial charge in [0.05, 0.1) is 0 Å². The number of hydrogen-bond donors (Lipinski definition) is 1. The van der Waals surface area contributed by atoms with E-state index in [9.17, 15) is 0 Å². The predicted octanol–water partition coefficient (Wildman–Crippen LogP) is 1.50. The molecule has 98 valence electrons. The van der Waals surface area contributed by atoms with Crippen LogP contribution in [-0.2, 0) is 0 Å². The van der Waals surface area contributed by atoms with Crippen LogP contribution >= 0.6 is 0 Å². The zero-order valence-electron chi connectivity index (χ0n) is 12.3. The molecule has 0 rings (SSSR count). The highest BCUT2D eigenvalue weighted by atomic mass is 15.2. The molecule has 0 aliphatic rings. The van der Waals surface area contributed by atoms with Crippen molar-refractivity contribution in [1.29, 1.82) is 0 Å². The van der Waals surface area contributed by atoms with Crippen molar-refractivity contribution in [2.24, 2.45) is 5.41 Å². The third kappa shape index (κ3) is 7.20. The van der Waals surface area contributed by atoms with Crippen LogP contribution < -0.4 is 5.32 Å². The van der Waals surface area contributed by atoms with Gasteiger partial charge in [-0.05, 0) is 33.5 Å². The van der Waals surface area contributed by atoms with Gasteiger partial charge in [-0.1, -0.05) is 20.8 Å². The minimum atomic E-state index is 0.360. The van der Waals surface area contributed by atoms with E-state index < -0.39 is 0 Å². The molecular weight excluding hydrogens is 198 g/mol. The van der Waals surface area contributed by atoms with E-state index in [0.29, 0.717) is 11.5 Å². The summed E-state index contributed by atoms with van der Waals surface area (Å²) in [7, 11) is 6.43. The number of nitrogens with zero attached hydrogens (tertiary/aromatic N) is 2. The Morgan fingerprint density at radius 2 is 1.50 bits per heavy atom. The van der Waals surface area contributed by atoms with E-state index in [2.05, 4.69) is 64.0 Å². The molecule has 0 aromatic carbocycles. The first-order chi connectivity index (χ1) is 7.25. The third-order valence-electron chi connectivity index (χ3n) is 3.29. The summed E-state index contributed by atoms with van der Waals surface area (Å²) in [6.07, 6.45) is 0. The molecule has 3 heteroatoms. The predicted molar refractivity (Wildman–Crippen MR) is 73.0 cm³/mol. The van der Waals surface area contributed by atoms with Gasteiger partial charge in [0.1, 0.15) is 0 Å². The Balaban J connectivity index is 3.62. The molecule has 0 spiro atoms. The van der Waals surface area contributed by atoms with Gasteiger partial charge in [-0.3, -0.25) is 0 Å². The highest BCUT2D eigenvalue weighted by molar-refractivity contribution is 4.77. The Hall–Kier alpha value is -0.120. The molecule has 0 saturated carbocycles. The summed E-state index contributed by atoms with van der Waals surface area (Å²) in [5.41, 5.74) is 0.360. The highest BCUT2D eigenvalue weighted by Crippen LogP contribution is 2.22. The molecular formula is C13H31N3. The summed E-state index contributed by atoms with van der Waals surface area (Å²) in [5, 5.41) is 3.47. The first-order valence-electron chi connectivity index (χ1n) is 6.31. The summed E-state index contributed by atoms with van der Waals surface area (Å²) < 4.78 is 0. The Morgan fingerprint density at radius 3 is 1.94 bits per heavy atom. The van der Waals surface area contributed by atoms with Crippen molar-refractivity contribution in [2.75, 3.05) is 47.3 Å². The number of nitrogens with one attached hydrogen (secondary N) is 1. The van der Waals surface area contributed by atoms with Gasteiger partial charge in [-0.15, -0.1) is 0 Å². The zero-order chi connectivity index (χ0) is 12.8. The molecule has 0 aliphatic carbocycles. The first-order valence-corrected chi connectivity index (χ1v) is 6.31. The lowest BCUT2D eigenvalue weighted by Crippen LogP contribution is -2.43. The lowest BCUT2D eigenvalue weighted by atomic mass is 9.87. The van der Waals surface area contributed by atoms with E-state index in [-0.39, 0.29) is 0 Å². The van der Waals surface area contributed by atoms with Crippen LogP contribution in [0.1, 0.15) is 27.7 Å². The quantitative estimate of drug-likeness (QED) is 0.668. The zero-order valence-corrected chi connectivity index (χ0v) is 12.3. The van der Waals surface area contributed by atoms with Crippen molar-refractivity contribution in [3.05, 3.63) is 0 Å². The van der Waals surface area contributed by atoms with Crippen LogP contribution in [0.5, 0.6) is 0 Å². The first kappa shape index (κ1) is 15.9. The van der Waals surface area contributed by atoms with Gasteiger partial charge in [0, 0.05) is 32.2 Å². The topological polar surface area (TPSA) is 18.5 Å². The van der Waals surface area contributed by atoms with Crippen LogP contribution in [0, 0.1) is 5.41 Å². The molecule has 0 heterocycles. The minimum Gasteiger partial charge on any atom is -0.314 e. The van der Waals surface area contributed by atoms with Crippen molar-refractivity contribution in [3.63, 3.8) is 0 Å². The standard InChI is InChI=1S/C13H31N3/c1-12(13(2,3)4)16(7)11-9-14-8-10-15(5)6/h12,14H,8-11H2,1-7H3. The molecule has 0 aliphatic heterocycles. The second kappa shape index (κ2) is 7.25. The van der Waals surface area contributed by atoms with Gasteiger partial charge in [0.15, 0.2) is 0 Å². The fourth-order valence-corrected chi connectivity index (χ4v) is 1.54. The van der Waals surface area contributed by atoms with E-state index in [1.54, 1.807) is 0 Å². The fourth-order valence-electron chi connectivity index (χ4n) is 1.54. The summed E-state index contributed by atoms with van der Waals surface area (Å²) in [6, 6.07) is 0.614. The molecule has 0 bridgehead atoms. The van der Waals surface area contributed by atoms with Gasteiger partial charge in [-0.25, -0.2) is 0 Å². The minimum absolute atomic E-state index is 0.360. The van der Waals surface area contributed by atoms with E-state index >= 15 is 0 Å². The van der Waals surface area contributed by atoms with Gasteiger partial charge in [0.2, 0.25) is 0 Å². The monoisotopic (exact) mass is 229 g/mol. The second-order valence-corrected chi connectivity index (χ2v) is 6.08. The summed E-state index contributed by atoms with van der Waals surface area (Å²) in [5.74, 6) is 0. The lowest BCUT2D eigenvalue weighted by Gasteiger charge is -2.35. The Labute approximate surface area is 102 Å². The lowest BCUT2D eigenvalue weighted by molar-refractivity contribution is 0.141. The van der Waals surface area contributed by atoms with Crippen LogP contribution in [0.4, 0.5) is 0 Å². The van der Waals surface area contributed by atoms with Crippen LogP contribution in [0.3, 0.4) is 0 Å². The van der Waals surface area contributed by atoms with Crippen LogP contribution in [0.25, 0.3) is 0 Å². The molecule has 1 atom stereocenters. The van der Waals surface area contributed by atoms with Crippen molar-refractivity contribution in [1.82, 2.24) is 15.1 Å². The molecule has 1 N–H and O–H groups in total. The maximum Gasteiger partial charge on any atom is 0.0113 e. The Morgan fingerprint density at radius 1 is 1.00 bits per heavy atom. The third-order valence-corrected chi connectivity index (χ3v) is 3.29. The highest BCUT2D eigenvalue weighted by Gasteiger charge is 2.23. The van der Waals surface area contributed by atoms with Gasteiger partial charge in [-0.2, -0.15) is 0 Å². The molecule has 3 nitrogen and oxygen atoms in total. The fraction of sp³-hybridized carbons (Fsp3) is 1.00. The van der Waals surface area contributed by atoms with E-state index in [1.807, 2.05) is 0 Å². The summed E-state index contributed by atoms with van der Waals surface area (Å²) >= 11 is 0.